The summed E-state index contributed by atoms with van der Waals surface area (Å²) in [6.07, 6.45) is 7.09. The quantitative estimate of drug-likeness (QED) is 0.814. The van der Waals surface area contributed by atoms with Gasteiger partial charge in [-0.3, -0.25) is 0 Å². The van der Waals surface area contributed by atoms with Gasteiger partial charge in [0.2, 0.25) is 0 Å². The van der Waals surface area contributed by atoms with Crippen LogP contribution in [0.4, 0.5) is 0 Å². The molecule has 0 spiro atoms. The van der Waals surface area contributed by atoms with Crippen molar-refractivity contribution in [2.75, 3.05) is 0 Å². The molecule has 1 atom stereocenters. The molecule has 2 aromatic rings. The van der Waals surface area contributed by atoms with Crippen molar-refractivity contribution in [3.63, 3.8) is 0 Å². The molecule has 2 aromatic heterocycles. The monoisotopic (exact) mass is 300 g/mol. The molecule has 22 heavy (non-hydrogen) atoms. The summed E-state index contributed by atoms with van der Waals surface area (Å²) in [4.78, 5) is 16.9. The van der Waals surface area contributed by atoms with Crippen molar-refractivity contribution in [1.29, 1.82) is 0 Å². The molecule has 2 rings (SSSR count). The van der Waals surface area contributed by atoms with Gasteiger partial charge in [-0.15, -0.1) is 0 Å². The highest BCUT2D eigenvalue weighted by atomic mass is 14.9. The van der Waals surface area contributed by atoms with E-state index in [1.54, 1.807) is 0 Å². The predicted molar refractivity (Wildman–Crippen MR) is 90.2 cm³/mol. The van der Waals surface area contributed by atoms with Crippen LogP contribution in [0.15, 0.2) is 18.5 Å². The van der Waals surface area contributed by atoms with E-state index in [-0.39, 0.29) is 0 Å². The lowest BCUT2D eigenvalue weighted by Crippen LogP contribution is -2.02. The summed E-state index contributed by atoms with van der Waals surface area (Å²) in [7, 11) is 0. The molecule has 0 aliphatic heterocycles. The number of nitrogens with one attached hydrogen (secondary N) is 1. The number of nitrogens with zero attached hydrogens (tertiary/aromatic N) is 3. The molecule has 0 aromatic carbocycles. The maximum atomic E-state index is 4.63. The van der Waals surface area contributed by atoms with E-state index in [1.165, 1.54) is 5.69 Å². The minimum atomic E-state index is 0.386. The Balaban J connectivity index is 1.86. The molecule has 0 radical (unpaired) electrons. The van der Waals surface area contributed by atoms with Gasteiger partial charge in [0, 0.05) is 35.6 Å². The summed E-state index contributed by atoms with van der Waals surface area (Å²) in [6, 6.07) is 2.03. The van der Waals surface area contributed by atoms with E-state index < -0.39 is 0 Å². The number of aryl methyl sites for hydroxylation is 1. The van der Waals surface area contributed by atoms with Crippen LogP contribution in [0, 0.1) is 0 Å². The fraction of sp³-hybridized carbons (Fsp3) is 0.611. The van der Waals surface area contributed by atoms with Gasteiger partial charge in [-0.25, -0.2) is 15.0 Å². The van der Waals surface area contributed by atoms with Crippen molar-refractivity contribution in [2.45, 2.75) is 71.6 Å². The Morgan fingerprint density at radius 3 is 2.45 bits per heavy atom. The summed E-state index contributed by atoms with van der Waals surface area (Å²) in [6.45, 7) is 10.9. The van der Waals surface area contributed by atoms with Crippen molar-refractivity contribution in [1.82, 2.24) is 19.9 Å². The maximum Gasteiger partial charge on any atom is 0.131 e. The number of H-pyrrole nitrogens is 1. The van der Waals surface area contributed by atoms with Crippen LogP contribution in [0.5, 0.6) is 0 Å². The molecule has 0 aliphatic rings. The van der Waals surface area contributed by atoms with E-state index in [1.807, 2.05) is 18.5 Å². The lowest BCUT2D eigenvalue weighted by Gasteiger charge is -2.09. The van der Waals surface area contributed by atoms with Crippen LogP contribution in [-0.2, 0) is 6.42 Å². The molecule has 0 saturated carbocycles. The van der Waals surface area contributed by atoms with Crippen LogP contribution < -0.4 is 0 Å². The van der Waals surface area contributed by atoms with E-state index >= 15 is 0 Å². The first-order valence-electron chi connectivity index (χ1n) is 8.34. The van der Waals surface area contributed by atoms with Gasteiger partial charge < -0.3 is 4.98 Å². The third-order valence-corrected chi connectivity index (χ3v) is 4.02. The number of rotatable bonds is 7. The minimum absolute atomic E-state index is 0.386. The van der Waals surface area contributed by atoms with Gasteiger partial charge >= 0.3 is 0 Å². The molecule has 0 bridgehead atoms. The van der Waals surface area contributed by atoms with Gasteiger partial charge in [0.1, 0.15) is 11.6 Å². The first-order valence-corrected chi connectivity index (χ1v) is 8.34. The maximum absolute atomic E-state index is 4.63. The molecule has 120 valence electrons. The SMILES string of the molecule is CC(C)c1nccc(CCCC(C)c2ncc(C(C)C)[nH]2)n1. The van der Waals surface area contributed by atoms with Crippen LogP contribution in [0.25, 0.3) is 0 Å². The average molecular weight is 300 g/mol. The smallest absolute Gasteiger partial charge is 0.131 e. The van der Waals surface area contributed by atoms with Crippen LogP contribution in [0.1, 0.15) is 88.3 Å². The van der Waals surface area contributed by atoms with Crippen molar-refractivity contribution < 1.29 is 0 Å². The summed E-state index contributed by atoms with van der Waals surface area (Å²) < 4.78 is 0. The van der Waals surface area contributed by atoms with E-state index in [4.69, 9.17) is 0 Å². The number of aromatic nitrogens is 4. The summed E-state index contributed by atoms with van der Waals surface area (Å²) >= 11 is 0. The molecule has 4 heteroatoms. The molecule has 1 unspecified atom stereocenters. The highest BCUT2D eigenvalue weighted by molar-refractivity contribution is 5.09. The molecule has 0 amide bonds. The van der Waals surface area contributed by atoms with E-state index in [2.05, 4.69) is 54.6 Å². The van der Waals surface area contributed by atoms with Gasteiger partial charge in [-0.1, -0.05) is 34.6 Å². The van der Waals surface area contributed by atoms with E-state index in [0.717, 1.165) is 36.6 Å². The van der Waals surface area contributed by atoms with Gasteiger partial charge in [0.05, 0.1) is 0 Å². The Labute approximate surface area is 133 Å². The molecule has 4 nitrogen and oxygen atoms in total. The van der Waals surface area contributed by atoms with Crippen molar-refractivity contribution in [3.05, 3.63) is 41.5 Å². The number of imidazole rings is 1. The van der Waals surface area contributed by atoms with Crippen molar-refractivity contribution in [3.8, 4) is 0 Å². The normalized spacial score (nSPS) is 13.0. The zero-order valence-electron chi connectivity index (χ0n) is 14.4. The zero-order valence-corrected chi connectivity index (χ0v) is 14.4. The number of aromatic amines is 1. The lowest BCUT2D eigenvalue weighted by atomic mass is 10.0. The standard InChI is InChI=1S/C18H28N4/c1-12(2)16-11-20-18(22-16)14(5)7-6-8-15-9-10-19-17(21-15)13(3)4/h9-14H,6-8H2,1-5H3,(H,20,22). The second-order valence-corrected chi connectivity index (χ2v) is 6.73. The molecule has 0 fully saturated rings. The Hall–Kier alpha value is -1.71. The highest BCUT2D eigenvalue weighted by Crippen LogP contribution is 2.21. The van der Waals surface area contributed by atoms with E-state index in [0.29, 0.717) is 17.8 Å². The fourth-order valence-corrected chi connectivity index (χ4v) is 2.45. The Kier molecular flexibility index (Phi) is 5.69. The zero-order chi connectivity index (χ0) is 16.1. The first-order chi connectivity index (χ1) is 10.5. The topological polar surface area (TPSA) is 54.5 Å². The Morgan fingerprint density at radius 1 is 1.05 bits per heavy atom. The molecular weight excluding hydrogens is 272 g/mol. The fourth-order valence-electron chi connectivity index (χ4n) is 2.45. The molecule has 2 heterocycles. The van der Waals surface area contributed by atoms with Crippen LogP contribution in [-0.4, -0.2) is 19.9 Å². The molecular formula is C18H28N4. The molecule has 1 N–H and O–H groups in total. The van der Waals surface area contributed by atoms with Gasteiger partial charge in [-0.2, -0.15) is 0 Å². The Morgan fingerprint density at radius 2 is 1.82 bits per heavy atom. The number of hydrogen-bond acceptors (Lipinski definition) is 3. The molecule has 0 saturated heterocycles. The minimum Gasteiger partial charge on any atom is -0.345 e. The second-order valence-electron chi connectivity index (χ2n) is 6.73. The Bertz CT molecular complexity index is 586. The number of hydrogen-bond donors (Lipinski definition) is 1. The second kappa shape index (κ2) is 7.52. The van der Waals surface area contributed by atoms with Crippen molar-refractivity contribution >= 4 is 0 Å². The van der Waals surface area contributed by atoms with Gasteiger partial charge in [0.15, 0.2) is 0 Å². The van der Waals surface area contributed by atoms with Crippen LogP contribution in [0.3, 0.4) is 0 Å². The first kappa shape index (κ1) is 16.7. The third kappa shape index (κ3) is 4.39. The summed E-state index contributed by atoms with van der Waals surface area (Å²) in [5.74, 6) is 3.40. The predicted octanol–water partition coefficient (Wildman–Crippen LogP) is 4.57. The summed E-state index contributed by atoms with van der Waals surface area (Å²) in [5, 5.41) is 0. The van der Waals surface area contributed by atoms with Gasteiger partial charge in [-0.05, 0) is 31.2 Å². The highest BCUT2D eigenvalue weighted by Gasteiger charge is 2.11. The lowest BCUT2D eigenvalue weighted by molar-refractivity contribution is 0.599. The van der Waals surface area contributed by atoms with Crippen molar-refractivity contribution in [2.24, 2.45) is 0 Å². The van der Waals surface area contributed by atoms with Crippen LogP contribution in [0.2, 0.25) is 0 Å². The average Bonchev–Trinajstić information content (AvgIpc) is 2.97. The van der Waals surface area contributed by atoms with E-state index in [9.17, 15) is 0 Å². The largest absolute Gasteiger partial charge is 0.345 e. The summed E-state index contributed by atoms with van der Waals surface area (Å²) in [5.41, 5.74) is 2.37. The molecule has 0 aliphatic carbocycles. The van der Waals surface area contributed by atoms with Crippen LogP contribution >= 0.6 is 0 Å². The van der Waals surface area contributed by atoms with Gasteiger partial charge in [0.25, 0.3) is 0 Å². The third-order valence-electron chi connectivity index (χ3n) is 4.02.